The first-order valence-corrected chi connectivity index (χ1v) is 7.82. The second-order valence-electron chi connectivity index (χ2n) is 5.48. The molecule has 0 bridgehead atoms. The molecule has 7 heteroatoms. The first-order valence-electron chi connectivity index (χ1n) is 7.06. The molecule has 1 N–H and O–H groups in total. The van der Waals surface area contributed by atoms with E-state index in [2.05, 4.69) is 0 Å². The third kappa shape index (κ3) is 2.27. The molecule has 5 nitrogen and oxygen atoms in total. The molecule has 0 unspecified atom stereocenters. The molecule has 0 aromatic heterocycles. The number of carbonyl (C=O) groups is 1. The Morgan fingerprint density at radius 1 is 1.00 bits per heavy atom. The van der Waals surface area contributed by atoms with Gasteiger partial charge in [-0.05, 0) is 38.0 Å². The number of phenolic OH excluding ortho intramolecular Hbond substituents is 1. The second-order valence-corrected chi connectivity index (χ2v) is 6.23. The third-order valence-corrected chi connectivity index (χ3v) is 4.80. The summed E-state index contributed by atoms with van der Waals surface area (Å²) in [5.74, 6) is 0.168. The smallest absolute Gasteiger partial charge is 0.347 e. The topological polar surface area (TPSA) is 65.0 Å². The van der Waals surface area contributed by atoms with Crippen molar-refractivity contribution in [1.82, 2.24) is 0 Å². The van der Waals surface area contributed by atoms with Crippen LogP contribution in [0, 0.1) is 20.8 Å². The van der Waals surface area contributed by atoms with Crippen LogP contribution in [0.3, 0.4) is 0 Å². The standard InChI is InChI=1S/C17H14Cl2O5/c1-6-5-9(22-4)7(2)15-14(6)23-16-10(17(21)24-15)8(3)11(18)13(20)12(16)19/h5,20H,1-4H3. The Balaban J connectivity index is 2.34. The summed E-state index contributed by atoms with van der Waals surface area (Å²) < 4.78 is 16.7. The third-order valence-electron chi connectivity index (χ3n) is 3.99. The Bertz CT molecular complexity index is 890. The summed E-state index contributed by atoms with van der Waals surface area (Å²) in [6.45, 7) is 5.12. The Hall–Kier alpha value is -2.11. The van der Waals surface area contributed by atoms with Crippen LogP contribution in [0.15, 0.2) is 6.07 Å². The minimum Gasteiger partial charge on any atom is -0.505 e. The number of halogens is 2. The van der Waals surface area contributed by atoms with Gasteiger partial charge in [-0.1, -0.05) is 23.2 Å². The van der Waals surface area contributed by atoms with Crippen molar-refractivity contribution in [2.24, 2.45) is 0 Å². The molecule has 24 heavy (non-hydrogen) atoms. The van der Waals surface area contributed by atoms with Crippen LogP contribution < -0.4 is 14.2 Å². The Kier molecular flexibility index (Phi) is 4.01. The number of methoxy groups -OCH3 is 1. The Morgan fingerprint density at radius 3 is 2.29 bits per heavy atom. The highest BCUT2D eigenvalue weighted by atomic mass is 35.5. The molecule has 3 rings (SSSR count). The van der Waals surface area contributed by atoms with Crippen molar-refractivity contribution in [3.63, 3.8) is 0 Å². The molecule has 0 fully saturated rings. The van der Waals surface area contributed by atoms with Crippen LogP contribution in [-0.4, -0.2) is 18.2 Å². The summed E-state index contributed by atoms with van der Waals surface area (Å²) in [7, 11) is 1.53. The minimum atomic E-state index is -0.666. The predicted molar refractivity (Wildman–Crippen MR) is 90.4 cm³/mol. The van der Waals surface area contributed by atoms with Crippen molar-refractivity contribution in [3.8, 4) is 28.7 Å². The van der Waals surface area contributed by atoms with E-state index >= 15 is 0 Å². The van der Waals surface area contributed by atoms with Gasteiger partial charge in [0.05, 0.1) is 12.1 Å². The number of rotatable bonds is 1. The van der Waals surface area contributed by atoms with Gasteiger partial charge in [-0.15, -0.1) is 0 Å². The van der Waals surface area contributed by atoms with Crippen LogP contribution in [-0.2, 0) is 0 Å². The molecule has 0 saturated carbocycles. The lowest BCUT2D eigenvalue weighted by atomic mass is 10.1. The van der Waals surface area contributed by atoms with Gasteiger partial charge in [0, 0.05) is 5.56 Å². The maximum absolute atomic E-state index is 12.6. The molecule has 0 aliphatic carbocycles. The first-order chi connectivity index (χ1) is 11.3. The number of phenols is 1. The van der Waals surface area contributed by atoms with E-state index < -0.39 is 5.97 Å². The SMILES string of the molecule is COc1cc(C)c2c(c1C)OC(=O)c1c(C)c(Cl)c(O)c(Cl)c1O2. The van der Waals surface area contributed by atoms with Crippen LogP contribution >= 0.6 is 23.2 Å². The van der Waals surface area contributed by atoms with Gasteiger partial charge in [-0.25, -0.2) is 4.79 Å². The molecule has 1 aliphatic heterocycles. The molecule has 1 heterocycles. The van der Waals surface area contributed by atoms with Crippen molar-refractivity contribution in [2.75, 3.05) is 7.11 Å². The van der Waals surface area contributed by atoms with E-state index in [0.717, 1.165) is 0 Å². The van der Waals surface area contributed by atoms with Gasteiger partial charge >= 0.3 is 5.97 Å². The van der Waals surface area contributed by atoms with E-state index in [1.165, 1.54) is 7.11 Å². The summed E-state index contributed by atoms with van der Waals surface area (Å²) in [6.07, 6.45) is 0. The Morgan fingerprint density at radius 2 is 1.67 bits per heavy atom. The molecule has 0 amide bonds. The number of carbonyl (C=O) groups excluding carboxylic acids is 1. The van der Waals surface area contributed by atoms with E-state index in [-0.39, 0.29) is 32.9 Å². The van der Waals surface area contributed by atoms with Gasteiger partial charge in [0.1, 0.15) is 16.3 Å². The van der Waals surface area contributed by atoms with Crippen molar-refractivity contribution in [2.45, 2.75) is 20.8 Å². The number of benzene rings is 2. The minimum absolute atomic E-state index is 0.0173. The molecule has 2 aromatic rings. The molecular weight excluding hydrogens is 355 g/mol. The van der Waals surface area contributed by atoms with E-state index in [0.29, 0.717) is 28.2 Å². The zero-order valence-corrected chi connectivity index (χ0v) is 14.9. The highest BCUT2D eigenvalue weighted by Crippen LogP contribution is 2.51. The average molecular weight is 369 g/mol. The molecule has 0 atom stereocenters. The average Bonchev–Trinajstić information content (AvgIpc) is 2.71. The highest BCUT2D eigenvalue weighted by molar-refractivity contribution is 6.39. The van der Waals surface area contributed by atoms with Crippen LogP contribution in [0.4, 0.5) is 0 Å². The molecule has 1 aliphatic rings. The number of aromatic hydroxyl groups is 1. The largest absolute Gasteiger partial charge is 0.505 e. The van der Waals surface area contributed by atoms with Crippen LogP contribution in [0.2, 0.25) is 10.0 Å². The fraction of sp³-hybridized carbons (Fsp3) is 0.235. The Labute approximate surface area is 148 Å². The maximum Gasteiger partial charge on any atom is 0.347 e. The number of fused-ring (bicyclic) bond motifs is 2. The molecule has 2 aromatic carbocycles. The highest BCUT2D eigenvalue weighted by Gasteiger charge is 2.33. The number of aryl methyl sites for hydroxylation is 1. The van der Waals surface area contributed by atoms with Crippen molar-refractivity contribution >= 4 is 29.2 Å². The van der Waals surface area contributed by atoms with Gasteiger partial charge in [0.2, 0.25) is 0 Å². The zero-order chi connectivity index (χ0) is 17.8. The summed E-state index contributed by atoms with van der Waals surface area (Å²) in [5.41, 5.74) is 1.71. The molecule has 0 radical (unpaired) electrons. The summed E-state index contributed by atoms with van der Waals surface area (Å²) in [5, 5.41) is 9.90. The number of hydrogen-bond donors (Lipinski definition) is 1. The van der Waals surface area contributed by atoms with E-state index in [1.54, 1.807) is 26.8 Å². The normalized spacial score (nSPS) is 12.7. The fourth-order valence-corrected chi connectivity index (χ4v) is 3.12. The first kappa shape index (κ1) is 16.7. The fourth-order valence-electron chi connectivity index (χ4n) is 2.65. The van der Waals surface area contributed by atoms with Gasteiger partial charge in [0.15, 0.2) is 23.0 Å². The van der Waals surface area contributed by atoms with E-state index in [4.69, 9.17) is 37.4 Å². The van der Waals surface area contributed by atoms with Gasteiger partial charge < -0.3 is 19.3 Å². The van der Waals surface area contributed by atoms with E-state index in [9.17, 15) is 9.90 Å². The number of hydrogen-bond acceptors (Lipinski definition) is 5. The molecule has 0 spiro atoms. The number of ether oxygens (including phenoxy) is 3. The van der Waals surface area contributed by atoms with Gasteiger partial charge in [-0.2, -0.15) is 0 Å². The maximum atomic E-state index is 12.6. The molecule has 0 saturated heterocycles. The summed E-state index contributed by atoms with van der Waals surface area (Å²) in [6, 6.07) is 1.77. The lowest BCUT2D eigenvalue weighted by Gasteiger charge is -2.16. The molecule has 126 valence electrons. The van der Waals surface area contributed by atoms with Gasteiger partial charge in [0.25, 0.3) is 0 Å². The number of esters is 1. The summed E-state index contributed by atoms with van der Waals surface area (Å²) in [4.78, 5) is 12.6. The van der Waals surface area contributed by atoms with Crippen LogP contribution in [0.5, 0.6) is 28.7 Å². The van der Waals surface area contributed by atoms with Crippen molar-refractivity contribution < 1.29 is 24.1 Å². The zero-order valence-electron chi connectivity index (χ0n) is 13.4. The predicted octanol–water partition coefficient (Wildman–Crippen LogP) is 4.96. The van der Waals surface area contributed by atoms with Crippen LogP contribution in [0.1, 0.15) is 27.0 Å². The lowest BCUT2D eigenvalue weighted by Crippen LogP contribution is -2.10. The van der Waals surface area contributed by atoms with E-state index in [1.807, 2.05) is 0 Å². The van der Waals surface area contributed by atoms with Crippen molar-refractivity contribution in [3.05, 3.63) is 38.4 Å². The monoisotopic (exact) mass is 368 g/mol. The second kappa shape index (κ2) is 5.76. The van der Waals surface area contributed by atoms with Gasteiger partial charge in [-0.3, -0.25) is 0 Å². The van der Waals surface area contributed by atoms with Crippen molar-refractivity contribution in [1.29, 1.82) is 0 Å². The quantitative estimate of drug-likeness (QED) is 0.569. The molecular formula is C17H14Cl2O5. The lowest BCUT2D eigenvalue weighted by molar-refractivity contribution is 0.0735. The van der Waals surface area contributed by atoms with Crippen LogP contribution in [0.25, 0.3) is 0 Å². The summed E-state index contributed by atoms with van der Waals surface area (Å²) >= 11 is 12.2.